The molecule has 0 N–H and O–H groups in total. The molecule has 20 heavy (non-hydrogen) atoms. The van der Waals surface area contributed by atoms with Gasteiger partial charge in [0.15, 0.2) is 0 Å². The largest absolute Gasteiger partial charge is 0.490 e. The quantitative estimate of drug-likeness (QED) is 0.715. The molecule has 2 bridgehead atoms. The molecule has 108 valence electrons. The zero-order valence-electron chi connectivity index (χ0n) is 12.2. The summed E-state index contributed by atoms with van der Waals surface area (Å²) in [5.41, 5.74) is 3.29. The third-order valence-electron chi connectivity index (χ3n) is 5.96. The van der Waals surface area contributed by atoms with Crippen LogP contribution in [-0.4, -0.2) is 11.4 Å². The van der Waals surface area contributed by atoms with Crippen LogP contribution in [0.1, 0.15) is 43.2 Å². The Bertz CT molecular complexity index is 526. The summed E-state index contributed by atoms with van der Waals surface area (Å²) in [7, 11) is 0. The van der Waals surface area contributed by atoms with E-state index in [0.717, 1.165) is 29.3 Å². The van der Waals surface area contributed by atoms with E-state index in [-0.39, 0.29) is 0 Å². The molecule has 2 fully saturated rings. The number of alkyl halides is 1. The second kappa shape index (κ2) is 4.76. The van der Waals surface area contributed by atoms with Gasteiger partial charge in [-0.25, -0.2) is 0 Å². The maximum atomic E-state index is 6.24. The van der Waals surface area contributed by atoms with E-state index in [1.807, 2.05) is 0 Å². The Morgan fingerprint density at radius 3 is 2.95 bits per heavy atom. The van der Waals surface area contributed by atoms with Gasteiger partial charge in [-0.15, -0.1) is 0 Å². The van der Waals surface area contributed by atoms with Crippen LogP contribution in [0.5, 0.6) is 5.75 Å². The SMILES string of the molecule is Cc1ccc2c(c1)CC(CC1(CBr)CC3CCC1C3)O2. The van der Waals surface area contributed by atoms with E-state index in [0.29, 0.717) is 11.5 Å². The van der Waals surface area contributed by atoms with Crippen molar-refractivity contribution in [3.05, 3.63) is 29.3 Å². The molecular weight excluding hydrogens is 312 g/mol. The molecule has 0 spiro atoms. The van der Waals surface area contributed by atoms with Gasteiger partial charge in [-0.1, -0.05) is 40.0 Å². The van der Waals surface area contributed by atoms with Crippen molar-refractivity contribution in [1.82, 2.24) is 0 Å². The fraction of sp³-hybridized carbons (Fsp3) is 0.667. The molecule has 2 saturated carbocycles. The Morgan fingerprint density at radius 2 is 2.25 bits per heavy atom. The van der Waals surface area contributed by atoms with Crippen LogP contribution in [0.3, 0.4) is 0 Å². The first-order chi connectivity index (χ1) is 9.68. The molecule has 1 nitrogen and oxygen atoms in total. The second-order valence-corrected chi connectivity index (χ2v) is 7.90. The van der Waals surface area contributed by atoms with Gasteiger partial charge in [0.05, 0.1) is 0 Å². The molecule has 1 heterocycles. The Kier molecular flexibility index (Phi) is 3.14. The lowest BCUT2D eigenvalue weighted by atomic mass is 9.71. The minimum Gasteiger partial charge on any atom is -0.490 e. The lowest BCUT2D eigenvalue weighted by Gasteiger charge is -2.38. The number of hydrogen-bond acceptors (Lipinski definition) is 1. The third-order valence-corrected chi connectivity index (χ3v) is 7.08. The van der Waals surface area contributed by atoms with Crippen molar-refractivity contribution in [3.8, 4) is 5.75 Å². The predicted octanol–water partition coefficient (Wildman–Crippen LogP) is 4.89. The van der Waals surface area contributed by atoms with Crippen molar-refractivity contribution in [1.29, 1.82) is 0 Å². The number of aryl methyl sites for hydroxylation is 1. The number of ether oxygens (including phenoxy) is 1. The monoisotopic (exact) mass is 334 g/mol. The first kappa shape index (κ1) is 13.2. The highest BCUT2D eigenvalue weighted by Crippen LogP contribution is 2.59. The van der Waals surface area contributed by atoms with Gasteiger partial charge in [0.25, 0.3) is 0 Å². The lowest BCUT2D eigenvalue weighted by Crippen LogP contribution is -2.35. The summed E-state index contributed by atoms with van der Waals surface area (Å²) >= 11 is 3.83. The summed E-state index contributed by atoms with van der Waals surface area (Å²) in [6.45, 7) is 2.17. The van der Waals surface area contributed by atoms with Gasteiger partial charge in [-0.05, 0) is 61.5 Å². The maximum Gasteiger partial charge on any atom is 0.123 e. The van der Waals surface area contributed by atoms with Crippen molar-refractivity contribution in [2.24, 2.45) is 17.3 Å². The van der Waals surface area contributed by atoms with Gasteiger partial charge in [0.2, 0.25) is 0 Å². The lowest BCUT2D eigenvalue weighted by molar-refractivity contribution is 0.102. The number of benzene rings is 1. The van der Waals surface area contributed by atoms with Crippen molar-refractivity contribution < 1.29 is 4.74 Å². The Morgan fingerprint density at radius 1 is 1.35 bits per heavy atom. The zero-order valence-corrected chi connectivity index (χ0v) is 13.8. The van der Waals surface area contributed by atoms with Crippen LogP contribution >= 0.6 is 15.9 Å². The van der Waals surface area contributed by atoms with Crippen molar-refractivity contribution >= 4 is 15.9 Å². The fourth-order valence-electron chi connectivity index (χ4n) is 5.04. The molecule has 4 unspecified atom stereocenters. The van der Waals surface area contributed by atoms with Gasteiger partial charge >= 0.3 is 0 Å². The maximum absolute atomic E-state index is 6.24. The average molecular weight is 335 g/mol. The van der Waals surface area contributed by atoms with Crippen molar-refractivity contribution in [3.63, 3.8) is 0 Å². The van der Waals surface area contributed by atoms with Crippen LogP contribution in [0.4, 0.5) is 0 Å². The first-order valence-electron chi connectivity index (χ1n) is 8.01. The van der Waals surface area contributed by atoms with Crippen LogP contribution in [0.25, 0.3) is 0 Å². The van der Waals surface area contributed by atoms with E-state index in [2.05, 4.69) is 41.1 Å². The first-order valence-corrected chi connectivity index (χ1v) is 9.13. The smallest absolute Gasteiger partial charge is 0.123 e. The van der Waals surface area contributed by atoms with Crippen LogP contribution in [-0.2, 0) is 6.42 Å². The molecule has 2 heteroatoms. The molecule has 2 aliphatic carbocycles. The molecular formula is C18H23BrO. The number of hydrogen-bond donors (Lipinski definition) is 0. The van der Waals surface area contributed by atoms with Gasteiger partial charge in [0, 0.05) is 11.8 Å². The Hall–Kier alpha value is -0.500. The summed E-state index contributed by atoms with van der Waals surface area (Å²) in [4.78, 5) is 0. The fourth-order valence-corrected chi connectivity index (χ4v) is 5.96. The van der Waals surface area contributed by atoms with Crippen LogP contribution in [0.15, 0.2) is 18.2 Å². The molecule has 0 amide bonds. The van der Waals surface area contributed by atoms with Gasteiger partial charge in [0.1, 0.15) is 11.9 Å². The van der Waals surface area contributed by atoms with Gasteiger partial charge in [-0.3, -0.25) is 0 Å². The highest BCUT2D eigenvalue weighted by Gasteiger charge is 2.51. The standard InChI is InChI=1S/C18H23BrO/c1-12-2-5-17-14(6-12)8-16(20-17)10-18(11-19)9-13-3-4-15(18)7-13/h2,5-6,13,15-16H,3-4,7-11H2,1H3. The topological polar surface area (TPSA) is 9.23 Å². The highest BCUT2D eigenvalue weighted by atomic mass is 79.9. The summed E-state index contributed by atoms with van der Waals surface area (Å²) in [5.74, 6) is 3.08. The Balaban J connectivity index is 1.51. The van der Waals surface area contributed by atoms with E-state index >= 15 is 0 Å². The van der Waals surface area contributed by atoms with Crippen LogP contribution < -0.4 is 4.74 Å². The minimum absolute atomic E-state index is 0.406. The summed E-state index contributed by atoms with van der Waals surface area (Å²) in [5, 5.41) is 1.16. The Labute approximate surface area is 130 Å². The normalized spacial score (nSPS) is 38.0. The third kappa shape index (κ3) is 2.03. The number of fused-ring (bicyclic) bond motifs is 3. The van der Waals surface area contributed by atoms with Gasteiger partial charge < -0.3 is 4.74 Å². The van der Waals surface area contributed by atoms with E-state index in [9.17, 15) is 0 Å². The van der Waals surface area contributed by atoms with Crippen molar-refractivity contribution in [2.75, 3.05) is 5.33 Å². The second-order valence-electron chi connectivity index (χ2n) is 7.34. The van der Waals surface area contributed by atoms with Crippen LogP contribution in [0, 0.1) is 24.2 Å². The molecule has 1 aliphatic heterocycles. The predicted molar refractivity (Wildman–Crippen MR) is 85.6 cm³/mol. The van der Waals surface area contributed by atoms with Crippen LogP contribution in [0.2, 0.25) is 0 Å². The van der Waals surface area contributed by atoms with E-state index < -0.39 is 0 Å². The van der Waals surface area contributed by atoms with E-state index in [1.165, 1.54) is 43.2 Å². The van der Waals surface area contributed by atoms with Gasteiger partial charge in [-0.2, -0.15) is 0 Å². The summed E-state index contributed by atoms with van der Waals surface area (Å²) < 4.78 is 6.24. The van der Waals surface area contributed by atoms with Crippen molar-refractivity contribution in [2.45, 2.75) is 51.6 Å². The summed E-state index contributed by atoms with van der Waals surface area (Å²) in [6, 6.07) is 6.63. The summed E-state index contributed by atoms with van der Waals surface area (Å²) in [6.07, 6.45) is 8.60. The number of halogens is 1. The highest BCUT2D eigenvalue weighted by molar-refractivity contribution is 9.09. The molecule has 0 saturated heterocycles. The average Bonchev–Trinajstić information content (AvgIpc) is 3.11. The molecule has 0 aromatic heterocycles. The molecule has 0 radical (unpaired) electrons. The van der Waals surface area contributed by atoms with E-state index in [1.54, 1.807) is 0 Å². The molecule has 3 aliphatic rings. The van der Waals surface area contributed by atoms with E-state index in [4.69, 9.17) is 4.74 Å². The molecule has 4 rings (SSSR count). The molecule has 4 atom stereocenters. The number of rotatable bonds is 3. The molecule has 1 aromatic carbocycles. The molecule has 1 aromatic rings. The zero-order chi connectivity index (χ0) is 13.7. The minimum atomic E-state index is 0.406.